The van der Waals surface area contributed by atoms with E-state index in [1.165, 1.54) is 0 Å². The highest BCUT2D eigenvalue weighted by molar-refractivity contribution is 7.09. The fourth-order valence-corrected chi connectivity index (χ4v) is 1.14. The quantitative estimate of drug-likeness (QED) is 0.780. The second kappa shape index (κ2) is 3.36. The van der Waals surface area contributed by atoms with E-state index in [9.17, 15) is 0 Å². The predicted molar refractivity (Wildman–Crippen MR) is 48.6 cm³/mol. The third kappa shape index (κ3) is 1.91. The van der Waals surface area contributed by atoms with E-state index in [1.807, 2.05) is 0 Å². The maximum atomic E-state index is 5.38. The van der Waals surface area contributed by atoms with Crippen molar-refractivity contribution in [2.24, 2.45) is 0 Å². The van der Waals surface area contributed by atoms with Crippen LogP contribution in [-0.4, -0.2) is 14.3 Å². The van der Waals surface area contributed by atoms with Gasteiger partial charge in [-0.1, -0.05) is 0 Å². The summed E-state index contributed by atoms with van der Waals surface area (Å²) in [6.07, 6.45) is 3.24. The van der Waals surface area contributed by atoms with Crippen molar-refractivity contribution in [3.05, 3.63) is 24.5 Å². The number of nitrogens with two attached hydrogens (primary N) is 1. The minimum absolute atomic E-state index is 0.260. The molecule has 0 aromatic carbocycles. The van der Waals surface area contributed by atoms with Gasteiger partial charge in [-0.2, -0.15) is 4.98 Å². The second-order valence-corrected chi connectivity index (χ2v) is 2.99. The topological polar surface area (TPSA) is 73.9 Å². The molecule has 2 heterocycles. The van der Waals surface area contributed by atoms with Crippen molar-refractivity contribution in [1.29, 1.82) is 0 Å². The van der Waals surface area contributed by atoms with Crippen molar-refractivity contribution in [3.63, 3.8) is 0 Å². The minimum atomic E-state index is 0.260. The van der Waals surface area contributed by atoms with Crippen molar-refractivity contribution in [3.8, 4) is 11.8 Å². The zero-order chi connectivity index (χ0) is 9.10. The van der Waals surface area contributed by atoms with Gasteiger partial charge in [0.15, 0.2) is 0 Å². The average Bonchev–Trinajstić information content (AvgIpc) is 2.53. The molecule has 2 N–H and O–H groups in total. The first kappa shape index (κ1) is 7.93. The summed E-state index contributed by atoms with van der Waals surface area (Å²) < 4.78 is 9.11. The van der Waals surface area contributed by atoms with E-state index in [1.54, 1.807) is 24.5 Å². The SMILES string of the molecule is Nc1nc(Oc2cccnc2)ns1. The summed E-state index contributed by atoms with van der Waals surface area (Å²) in [6.45, 7) is 0. The molecule has 2 aromatic heterocycles. The molecule has 0 aliphatic heterocycles. The van der Waals surface area contributed by atoms with Crippen LogP contribution in [0.15, 0.2) is 24.5 Å². The molecule has 0 saturated carbocycles. The molecule has 6 heteroatoms. The third-order valence-electron chi connectivity index (χ3n) is 1.27. The fraction of sp³-hybridized carbons (Fsp3) is 0. The van der Waals surface area contributed by atoms with Crippen molar-refractivity contribution in [2.75, 3.05) is 5.73 Å². The second-order valence-electron chi connectivity index (χ2n) is 2.21. The zero-order valence-electron chi connectivity index (χ0n) is 6.54. The molecule has 0 aliphatic rings. The van der Waals surface area contributed by atoms with Gasteiger partial charge in [0.2, 0.25) is 5.13 Å². The first-order valence-corrected chi connectivity index (χ1v) is 4.29. The maximum Gasteiger partial charge on any atom is 0.335 e. The Balaban J connectivity index is 2.15. The first-order valence-electron chi connectivity index (χ1n) is 3.51. The molecule has 0 spiro atoms. The average molecular weight is 194 g/mol. The van der Waals surface area contributed by atoms with Gasteiger partial charge < -0.3 is 10.5 Å². The van der Waals surface area contributed by atoms with Gasteiger partial charge in [0.05, 0.1) is 6.20 Å². The number of nitrogen functional groups attached to an aromatic ring is 1. The molecular weight excluding hydrogens is 188 g/mol. The third-order valence-corrected chi connectivity index (χ3v) is 1.79. The number of hydrogen-bond acceptors (Lipinski definition) is 6. The molecule has 0 radical (unpaired) electrons. The summed E-state index contributed by atoms with van der Waals surface area (Å²) in [5.41, 5.74) is 5.38. The lowest BCUT2D eigenvalue weighted by molar-refractivity contribution is 0.448. The molecule has 0 saturated heterocycles. The minimum Gasteiger partial charge on any atom is -0.422 e. The molecule has 2 rings (SSSR count). The summed E-state index contributed by atoms with van der Waals surface area (Å²) in [6, 6.07) is 3.80. The van der Waals surface area contributed by atoms with Crippen molar-refractivity contribution in [1.82, 2.24) is 14.3 Å². The van der Waals surface area contributed by atoms with Crippen LogP contribution >= 0.6 is 11.5 Å². The number of anilines is 1. The summed E-state index contributed by atoms with van der Waals surface area (Å²) in [5.74, 6) is 0.598. The lowest BCUT2D eigenvalue weighted by atomic mass is 10.5. The number of aromatic nitrogens is 3. The first-order chi connectivity index (χ1) is 6.34. The highest BCUT2D eigenvalue weighted by Crippen LogP contribution is 2.19. The Morgan fingerprint density at radius 3 is 3.00 bits per heavy atom. The molecule has 0 unspecified atom stereocenters. The van der Waals surface area contributed by atoms with Gasteiger partial charge in [0.25, 0.3) is 0 Å². The fourth-order valence-electron chi connectivity index (χ4n) is 0.775. The van der Waals surface area contributed by atoms with Crippen molar-refractivity contribution in [2.45, 2.75) is 0 Å². The largest absolute Gasteiger partial charge is 0.422 e. The van der Waals surface area contributed by atoms with Crippen LogP contribution in [0.4, 0.5) is 5.13 Å². The zero-order valence-corrected chi connectivity index (χ0v) is 7.36. The molecular formula is C7H6N4OS. The van der Waals surface area contributed by atoms with Crippen LogP contribution < -0.4 is 10.5 Å². The number of rotatable bonds is 2. The lowest BCUT2D eigenvalue weighted by Crippen LogP contribution is -1.87. The Hall–Kier alpha value is -1.69. The Morgan fingerprint density at radius 1 is 1.46 bits per heavy atom. The molecule has 0 bridgehead atoms. The summed E-state index contributed by atoms with van der Waals surface area (Å²) >= 11 is 1.09. The lowest BCUT2D eigenvalue weighted by Gasteiger charge is -1.97. The normalized spacial score (nSPS) is 9.85. The van der Waals surface area contributed by atoms with Crippen molar-refractivity contribution >= 4 is 16.7 Å². The number of nitrogens with zero attached hydrogens (tertiary/aromatic N) is 3. The van der Waals surface area contributed by atoms with Crippen LogP contribution in [-0.2, 0) is 0 Å². The number of ether oxygens (including phenoxy) is 1. The van der Waals surface area contributed by atoms with Gasteiger partial charge in [-0.25, -0.2) is 0 Å². The molecule has 2 aromatic rings. The molecule has 13 heavy (non-hydrogen) atoms. The highest BCUT2D eigenvalue weighted by atomic mass is 32.1. The highest BCUT2D eigenvalue weighted by Gasteiger charge is 2.02. The smallest absolute Gasteiger partial charge is 0.335 e. The molecule has 0 aliphatic carbocycles. The molecule has 0 atom stereocenters. The number of hydrogen-bond donors (Lipinski definition) is 1. The molecule has 66 valence electrons. The van der Waals surface area contributed by atoms with E-state index < -0.39 is 0 Å². The Kier molecular flexibility index (Phi) is 2.05. The van der Waals surface area contributed by atoms with E-state index >= 15 is 0 Å². The van der Waals surface area contributed by atoms with Gasteiger partial charge in [-0.05, 0) is 12.1 Å². The number of pyridine rings is 1. The predicted octanol–water partition coefficient (Wildman–Crippen LogP) is 1.31. The summed E-state index contributed by atoms with van der Waals surface area (Å²) in [4.78, 5) is 7.72. The van der Waals surface area contributed by atoms with E-state index in [4.69, 9.17) is 10.5 Å². The standard InChI is InChI=1S/C7H6N4OS/c8-6-10-7(11-13-6)12-5-2-1-3-9-4-5/h1-4H,(H2,8,10,11). The van der Waals surface area contributed by atoms with Gasteiger partial charge >= 0.3 is 6.01 Å². The molecule has 0 fully saturated rings. The molecule has 5 nitrogen and oxygen atoms in total. The summed E-state index contributed by atoms with van der Waals surface area (Å²) in [7, 11) is 0. The monoisotopic (exact) mass is 194 g/mol. The van der Waals surface area contributed by atoms with Crippen molar-refractivity contribution < 1.29 is 4.74 Å². The van der Waals surface area contributed by atoms with Crippen LogP contribution in [0.5, 0.6) is 11.8 Å². The Labute approximate surface area is 78.4 Å². The Bertz CT molecular complexity index is 388. The van der Waals surface area contributed by atoms with Gasteiger partial charge in [-0.3, -0.25) is 4.98 Å². The van der Waals surface area contributed by atoms with E-state index in [-0.39, 0.29) is 6.01 Å². The van der Waals surface area contributed by atoms with Gasteiger partial charge in [0.1, 0.15) is 5.75 Å². The van der Waals surface area contributed by atoms with Gasteiger partial charge in [-0.15, -0.1) is 4.37 Å². The van der Waals surface area contributed by atoms with Crippen LogP contribution in [0.3, 0.4) is 0 Å². The summed E-state index contributed by atoms with van der Waals surface area (Å²) in [5, 5.41) is 0.388. The van der Waals surface area contributed by atoms with E-state index in [0.29, 0.717) is 10.9 Å². The van der Waals surface area contributed by atoms with Crippen LogP contribution in [0.25, 0.3) is 0 Å². The Morgan fingerprint density at radius 2 is 2.38 bits per heavy atom. The van der Waals surface area contributed by atoms with E-state index in [0.717, 1.165) is 11.5 Å². The van der Waals surface area contributed by atoms with E-state index in [2.05, 4.69) is 14.3 Å². The van der Waals surface area contributed by atoms with Gasteiger partial charge in [0, 0.05) is 17.7 Å². The van der Waals surface area contributed by atoms with Crippen LogP contribution in [0.2, 0.25) is 0 Å². The van der Waals surface area contributed by atoms with Crippen LogP contribution in [0, 0.1) is 0 Å². The maximum absolute atomic E-state index is 5.38. The molecule has 0 amide bonds. The van der Waals surface area contributed by atoms with Crippen LogP contribution in [0.1, 0.15) is 0 Å².